The van der Waals surface area contributed by atoms with E-state index in [4.69, 9.17) is 17.3 Å². The molecule has 0 saturated carbocycles. The molecule has 0 aliphatic heterocycles. The molecule has 2 aromatic rings. The molecule has 0 unspecified atom stereocenters. The Hall–Kier alpha value is -1.24. The molecule has 0 aliphatic carbocycles. The van der Waals surface area contributed by atoms with Crippen LogP contribution in [0, 0.1) is 0 Å². The maximum atomic E-state index is 12.6. The quantitative estimate of drug-likeness (QED) is 0.775. The fourth-order valence-corrected chi connectivity index (χ4v) is 4.22. The predicted molar refractivity (Wildman–Crippen MR) is 90.2 cm³/mol. The van der Waals surface area contributed by atoms with Gasteiger partial charge in [-0.3, -0.25) is 4.72 Å². The lowest BCUT2D eigenvalue weighted by atomic mass is 10.1. The van der Waals surface area contributed by atoms with Crippen molar-refractivity contribution >= 4 is 48.9 Å². The number of hydrogen-bond acceptors (Lipinski definition) is 3. The minimum atomic E-state index is -3.72. The van der Waals surface area contributed by atoms with Crippen LogP contribution in [0.1, 0.15) is 12.5 Å². The molecule has 0 aromatic heterocycles. The van der Waals surface area contributed by atoms with Crippen LogP contribution < -0.4 is 10.5 Å². The molecule has 0 radical (unpaired) electrons. The first-order chi connectivity index (χ1) is 9.83. The zero-order valence-electron chi connectivity index (χ0n) is 11.2. The third kappa shape index (κ3) is 3.70. The Kier molecular flexibility index (Phi) is 4.81. The van der Waals surface area contributed by atoms with Crippen LogP contribution in [0.25, 0.3) is 0 Å². The van der Waals surface area contributed by atoms with Crippen molar-refractivity contribution in [3.8, 4) is 0 Å². The largest absolute Gasteiger partial charge is 0.399 e. The van der Waals surface area contributed by atoms with Gasteiger partial charge in [-0.1, -0.05) is 24.6 Å². The van der Waals surface area contributed by atoms with Gasteiger partial charge in [-0.25, -0.2) is 8.42 Å². The molecule has 0 spiro atoms. The fourth-order valence-electron chi connectivity index (χ4n) is 1.89. The van der Waals surface area contributed by atoms with Crippen molar-refractivity contribution < 1.29 is 8.42 Å². The zero-order chi connectivity index (χ0) is 15.6. The van der Waals surface area contributed by atoms with E-state index in [0.717, 1.165) is 0 Å². The molecule has 21 heavy (non-hydrogen) atoms. The monoisotopic (exact) mass is 388 g/mol. The summed E-state index contributed by atoms with van der Waals surface area (Å²) in [5.41, 5.74) is 7.24. The van der Waals surface area contributed by atoms with Crippen LogP contribution in [0.2, 0.25) is 5.02 Å². The number of aryl methyl sites for hydroxylation is 1. The molecule has 3 N–H and O–H groups in total. The second-order valence-corrected chi connectivity index (χ2v) is 7.39. The highest BCUT2D eigenvalue weighted by molar-refractivity contribution is 9.10. The number of anilines is 2. The lowest BCUT2D eigenvalue weighted by molar-refractivity contribution is 0.600. The van der Waals surface area contributed by atoms with Crippen LogP contribution >= 0.6 is 27.5 Å². The van der Waals surface area contributed by atoms with Crippen LogP contribution in [0.3, 0.4) is 0 Å². The number of rotatable bonds is 4. The molecule has 0 aliphatic rings. The van der Waals surface area contributed by atoms with Gasteiger partial charge in [-0.05, 0) is 58.2 Å². The molecule has 2 rings (SSSR count). The average Bonchev–Trinajstić information content (AvgIpc) is 2.42. The Morgan fingerprint density at radius 3 is 2.57 bits per heavy atom. The van der Waals surface area contributed by atoms with Crippen molar-refractivity contribution in [1.29, 1.82) is 0 Å². The summed E-state index contributed by atoms with van der Waals surface area (Å²) in [5, 5.41) is 0.517. The summed E-state index contributed by atoms with van der Waals surface area (Å²) in [5.74, 6) is 0. The summed E-state index contributed by atoms with van der Waals surface area (Å²) in [6.07, 6.45) is 0.596. The summed E-state index contributed by atoms with van der Waals surface area (Å²) in [6, 6.07) is 9.72. The third-order valence-electron chi connectivity index (χ3n) is 2.94. The molecule has 0 amide bonds. The smallest absolute Gasteiger partial charge is 0.262 e. The number of hydrogen-bond donors (Lipinski definition) is 2. The first kappa shape index (κ1) is 16.1. The van der Waals surface area contributed by atoms with E-state index in [-0.39, 0.29) is 4.90 Å². The summed E-state index contributed by atoms with van der Waals surface area (Å²) >= 11 is 9.14. The first-order valence-electron chi connectivity index (χ1n) is 6.19. The van der Waals surface area contributed by atoms with E-state index < -0.39 is 10.0 Å². The van der Waals surface area contributed by atoms with Crippen molar-refractivity contribution in [1.82, 2.24) is 0 Å². The van der Waals surface area contributed by atoms with E-state index in [2.05, 4.69) is 20.7 Å². The number of sulfonamides is 1. The Bertz CT molecular complexity index is 779. The molecule has 7 heteroatoms. The second-order valence-electron chi connectivity index (χ2n) is 4.45. The van der Waals surface area contributed by atoms with Gasteiger partial charge in [-0.15, -0.1) is 0 Å². The summed E-state index contributed by atoms with van der Waals surface area (Å²) in [4.78, 5) is 0.187. The van der Waals surface area contributed by atoms with Crippen molar-refractivity contribution in [2.24, 2.45) is 0 Å². The number of nitrogen functional groups attached to an aromatic ring is 1. The van der Waals surface area contributed by atoms with Gasteiger partial charge in [0.1, 0.15) is 0 Å². The lowest BCUT2D eigenvalue weighted by Gasteiger charge is -2.13. The van der Waals surface area contributed by atoms with Crippen LogP contribution in [-0.4, -0.2) is 8.42 Å². The lowest BCUT2D eigenvalue weighted by Crippen LogP contribution is -2.15. The highest BCUT2D eigenvalue weighted by atomic mass is 79.9. The predicted octanol–water partition coefficient (Wildman–Crippen LogP) is 4.05. The van der Waals surface area contributed by atoms with Gasteiger partial charge in [0, 0.05) is 15.2 Å². The van der Waals surface area contributed by atoms with E-state index in [0.29, 0.717) is 32.9 Å². The van der Waals surface area contributed by atoms with Crippen molar-refractivity contribution in [3.05, 3.63) is 51.5 Å². The van der Waals surface area contributed by atoms with Crippen LogP contribution in [0.5, 0.6) is 0 Å². The molecule has 112 valence electrons. The molecular formula is C14H14BrClN2O2S. The van der Waals surface area contributed by atoms with E-state index >= 15 is 0 Å². The second kappa shape index (κ2) is 6.25. The van der Waals surface area contributed by atoms with Crippen molar-refractivity contribution in [3.63, 3.8) is 0 Å². The third-order valence-corrected chi connectivity index (χ3v) is 5.28. The first-order valence-corrected chi connectivity index (χ1v) is 8.85. The molecule has 4 nitrogen and oxygen atoms in total. The minimum absolute atomic E-state index is 0.187. The number of benzene rings is 2. The van der Waals surface area contributed by atoms with Gasteiger partial charge in [-0.2, -0.15) is 0 Å². The molecular weight excluding hydrogens is 376 g/mol. The normalized spacial score (nSPS) is 11.4. The summed E-state index contributed by atoms with van der Waals surface area (Å²) < 4.78 is 28.2. The standard InChI is InChI=1S/C14H14BrClN2O2S/c1-2-9-3-5-11(17)8-14(9)21(19,20)18-13-6-4-10(16)7-12(13)15/h3-8,18H,2,17H2,1H3. The van der Waals surface area contributed by atoms with Crippen molar-refractivity contribution in [2.75, 3.05) is 10.5 Å². The number of nitrogens with one attached hydrogen (secondary N) is 1. The Balaban J connectivity index is 2.45. The van der Waals surface area contributed by atoms with E-state index in [1.165, 1.54) is 6.07 Å². The van der Waals surface area contributed by atoms with Gasteiger partial charge in [0.25, 0.3) is 10.0 Å². The van der Waals surface area contributed by atoms with Gasteiger partial charge in [0.05, 0.1) is 10.6 Å². The molecule has 0 saturated heterocycles. The summed E-state index contributed by atoms with van der Waals surface area (Å²) in [7, 11) is -3.72. The Morgan fingerprint density at radius 1 is 1.24 bits per heavy atom. The van der Waals surface area contributed by atoms with Gasteiger partial charge in [0.15, 0.2) is 0 Å². The molecule has 0 atom stereocenters. The zero-order valence-corrected chi connectivity index (χ0v) is 14.4. The van der Waals surface area contributed by atoms with Crippen LogP contribution in [-0.2, 0) is 16.4 Å². The summed E-state index contributed by atoms with van der Waals surface area (Å²) in [6.45, 7) is 1.89. The molecule has 0 heterocycles. The molecule has 0 bridgehead atoms. The highest BCUT2D eigenvalue weighted by Crippen LogP contribution is 2.29. The number of halogens is 2. The van der Waals surface area contributed by atoms with E-state index in [1.807, 2.05) is 6.92 Å². The topological polar surface area (TPSA) is 72.2 Å². The van der Waals surface area contributed by atoms with Gasteiger partial charge >= 0.3 is 0 Å². The van der Waals surface area contributed by atoms with Crippen LogP contribution in [0.4, 0.5) is 11.4 Å². The fraction of sp³-hybridized carbons (Fsp3) is 0.143. The SMILES string of the molecule is CCc1ccc(N)cc1S(=O)(=O)Nc1ccc(Cl)cc1Br. The minimum Gasteiger partial charge on any atom is -0.399 e. The maximum Gasteiger partial charge on any atom is 0.262 e. The van der Waals surface area contributed by atoms with Gasteiger partial charge < -0.3 is 5.73 Å². The number of nitrogens with two attached hydrogens (primary N) is 1. The average molecular weight is 390 g/mol. The van der Waals surface area contributed by atoms with Crippen molar-refractivity contribution in [2.45, 2.75) is 18.2 Å². The van der Waals surface area contributed by atoms with E-state index in [1.54, 1.807) is 30.3 Å². The molecule has 0 fully saturated rings. The Morgan fingerprint density at radius 2 is 1.95 bits per heavy atom. The van der Waals surface area contributed by atoms with Gasteiger partial charge in [0.2, 0.25) is 0 Å². The highest BCUT2D eigenvalue weighted by Gasteiger charge is 2.19. The Labute approximate surface area is 137 Å². The molecule has 2 aromatic carbocycles. The van der Waals surface area contributed by atoms with E-state index in [9.17, 15) is 8.42 Å². The maximum absolute atomic E-state index is 12.6. The van der Waals surface area contributed by atoms with Crippen LogP contribution in [0.15, 0.2) is 45.8 Å².